The van der Waals surface area contributed by atoms with Gasteiger partial charge in [0.2, 0.25) is 0 Å². The Bertz CT molecular complexity index is 166. The molecule has 0 aliphatic heterocycles. The molecule has 116 valence electrons. The van der Waals surface area contributed by atoms with Crippen LogP contribution in [0.2, 0.25) is 13.3 Å². The van der Waals surface area contributed by atoms with E-state index in [9.17, 15) is 0 Å². The molecule has 0 aliphatic carbocycles. The van der Waals surface area contributed by atoms with Crippen LogP contribution in [0.1, 0.15) is 65.7 Å². The van der Waals surface area contributed by atoms with Crippen molar-refractivity contribution in [3.8, 4) is 0 Å². The molecule has 0 aromatic heterocycles. The van der Waals surface area contributed by atoms with Crippen molar-refractivity contribution in [2.45, 2.75) is 79.0 Å². The number of hydrogen-bond donors (Lipinski definition) is 1. The summed E-state index contributed by atoms with van der Waals surface area (Å²) in [5, 5.41) is 0. The zero-order valence-corrected chi connectivity index (χ0v) is 16.5. The molecule has 0 aromatic rings. The third kappa shape index (κ3) is 10.1. The molecule has 0 heterocycles. The first-order valence-electron chi connectivity index (χ1n) is 8.52. The van der Waals surface area contributed by atoms with Gasteiger partial charge >= 0.3 is 126 Å². The number of ether oxygens (including phenoxy) is 1. The Morgan fingerprint density at radius 1 is 0.789 bits per heavy atom. The van der Waals surface area contributed by atoms with Gasteiger partial charge in [0.25, 0.3) is 0 Å². The third-order valence-electron chi connectivity index (χ3n) is 4.08. The molecule has 0 aromatic carbocycles. The molecule has 0 rings (SSSR count). The molecule has 0 saturated heterocycles. The van der Waals surface area contributed by atoms with Gasteiger partial charge in [0, 0.05) is 0 Å². The van der Waals surface area contributed by atoms with Gasteiger partial charge in [-0.05, 0) is 0 Å². The first kappa shape index (κ1) is 19.7. The fourth-order valence-electron chi connectivity index (χ4n) is 2.72. The molecular formula is C16H37NOSn. The van der Waals surface area contributed by atoms with Gasteiger partial charge in [-0.15, -0.1) is 0 Å². The Morgan fingerprint density at radius 2 is 1.26 bits per heavy atom. The molecule has 0 spiro atoms. The molecular weight excluding hydrogens is 341 g/mol. The second-order valence-corrected chi connectivity index (χ2v) is 19.7. The van der Waals surface area contributed by atoms with Crippen molar-refractivity contribution in [2.75, 3.05) is 17.8 Å². The zero-order valence-electron chi connectivity index (χ0n) is 13.7. The van der Waals surface area contributed by atoms with Crippen molar-refractivity contribution in [2.24, 2.45) is 5.73 Å². The van der Waals surface area contributed by atoms with Crippen LogP contribution in [0.25, 0.3) is 0 Å². The normalized spacial score (nSPS) is 12.0. The Hall–Kier alpha value is 0.719. The third-order valence-corrected chi connectivity index (χ3v) is 18.5. The van der Waals surface area contributed by atoms with E-state index in [-0.39, 0.29) is 0 Å². The first-order chi connectivity index (χ1) is 9.24. The van der Waals surface area contributed by atoms with Crippen molar-refractivity contribution in [1.29, 1.82) is 0 Å². The summed E-state index contributed by atoms with van der Waals surface area (Å²) in [4.78, 5) is 0. The van der Waals surface area contributed by atoms with E-state index >= 15 is 0 Å². The molecule has 0 bridgehead atoms. The van der Waals surface area contributed by atoms with Gasteiger partial charge in [-0.3, -0.25) is 0 Å². The van der Waals surface area contributed by atoms with E-state index in [1.54, 1.807) is 13.3 Å². The van der Waals surface area contributed by atoms with Crippen LogP contribution in [-0.4, -0.2) is 36.2 Å². The van der Waals surface area contributed by atoms with E-state index in [0.29, 0.717) is 0 Å². The number of hydrogen-bond acceptors (Lipinski definition) is 2. The molecule has 2 nitrogen and oxygen atoms in total. The van der Waals surface area contributed by atoms with Gasteiger partial charge in [0.05, 0.1) is 0 Å². The van der Waals surface area contributed by atoms with Crippen LogP contribution < -0.4 is 5.73 Å². The molecule has 3 heteroatoms. The van der Waals surface area contributed by atoms with Crippen LogP contribution in [-0.2, 0) is 4.74 Å². The standard InChI is InChI=1S/C4H10NO.3C4H9.Sn/c1-6-4-2-3-5;3*1-3-4-2;/h1-5H2;3*1,3-4H2,2H3;. The molecule has 0 aliphatic rings. The van der Waals surface area contributed by atoms with Gasteiger partial charge < -0.3 is 0 Å². The summed E-state index contributed by atoms with van der Waals surface area (Å²) in [6.07, 6.45) is 9.37. The Morgan fingerprint density at radius 3 is 1.63 bits per heavy atom. The van der Waals surface area contributed by atoms with Crippen molar-refractivity contribution < 1.29 is 4.74 Å². The Balaban J connectivity index is 4.38. The number of rotatable bonds is 14. The van der Waals surface area contributed by atoms with E-state index in [4.69, 9.17) is 10.5 Å². The van der Waals surface area contributed by atoms with E-state index in [0.717, 1.165) is 24.2 Å². The minimum absolute atomic E-state index is 0.765. The summed E-state index contributed by atoms with van der Waals surface area (Å²) in [6, 6.07) is 0. The first-order valence-corrected chi connectivity index (χ1v) is 16.6. The molecule has 0 radical (unpaired) electrons. The second kappa shape index (κ2) is 13.7. The minimum atomic E-state index is -2.00. The molecule has 0 unspecified atom stereocenters. The van der Waals surface area contributed by atoms with Crippen LogP contribution in [0.5, 0.6) is 0 Å². The molecule has 0 amide bonds. The van der Waals surface area contributed by atoms with Gasteiger partial charge in [-0.1, -0.05) is 0 Å². The Kier molecular flexibility index (Phi) is 14.2. The van der Waals surface area contributed by atoms with Crippen molar-refractivity contribution in [3.05, 3.63) is 0 Å². The SMILES string of the molecule is CCC[CH2][Sn]([CH2]CCC)([CH2]CCC)[CH2]OCCCN. The average Bonchev–Trinajstić information content (AvgIpc) is 2.44. The predicted molar refractivity (Wildman–Crippen MR) is 89.4 cm³/mol. The van der Waals surface area contributed by atoms with Crippen LogP contribution in [0.4, 0.5) is 0 Å². The fraction of sp³-hybridized carbons (Fsp3) is 1.00. The average molecular weight is 378 g/mol. The van der Waals surface area contributed by atoms with Crippen LogP contribution >= 0.6 is 0 Å². The van der Waals surface area contributed by atoms with Gasteiger partial charge in [-0.2, -0.15) is 0 Å². The number of nitrogens with two attached hydrogens (primary N) is 1. The summed E-state index contributed by atoms with van der Waals surface area (Å²) < 4.78 is 11.9. The van der Waals surface area contributed by atoms with Crippen molar-refractivity contribution in [3.63, 3.8) is 0 Å². The summed E-state index contributed by atoms with van der Waals surface area (Å²) >= 11 is -2.00. The summed E-state index contributed by atoms with van der Waals surface area (Å²) in [7, 11) is 0. The van der Waals surface area contributed by atoms with Crippen LogP contribution in [0.3, 0.4) is 0 Å². The van der Waals surface area contributed by atoms with Gasteiger partial charge in [-0.25, -0.2) is 0 Å². The van der Waals surface area contributed by atoms with E-state index in [2.05, 4.69) is 20.8 Å². The van der Waals surface area contributed by atoms with Crippen LogP contribution in [0, 0.1) is 0 Å². The molecule has 0 fully saturated rings. The van der Waals surface area contributed by atoms with Crippen molar-refractivity contribution in [1.82, 2.24) is 0 Å². The summed E-state index contributed by atoms with van der Waals surface area (Å²) in [6.45, 7) is 8.63. The second-order valence-electron chi connectivity index (χ2n) is 6.01. The monoisotopic (exact) mass is 379 g/mol. The quantitative estimate of drug-likeness (QED) is 0.350. The van der Waals surface area contributed by atoms with E-state index < -0.39 is 18.4 Å². The zero-order chi connectivity index (χ0) is 14.4. The van der Waals surface area contributed by atoms with Gasteiger partial charge in [0.15, 0.2) is 0 Å². The topological polar surface area (TPSA) is 35.2 Å². The Labute approximate surface area is 125 Å². The maximum atomic E-state index is 6.04. The summed E-state index contributed by atoms with van der Waals surface area (Å²) in [5.41, 5.74) is 5.56. The molecule has 2 N–H and O–H groups in total. The predicted octanol–water partition coefficient (Wildman–Crippen LogP) is 4.74. The number of unbranched alkanes of at least 4 members (excludes halogenated alkanes) is 3. The maximum absolute atomic E-state index is 6.04. The van der Waals surface area contributed by atoms with Gasteiger partial charge in [0.1, 0.15) is 0 Å². The molecule has 19 heavy (non-hydrogen) atoms. The van der Waals surface area contributed by atoms with E-state index in [1.807, 2.05) is 0 Å². The fourth-order valence-corrected chi connectivity index (χ4v) is 17.2. The van der Waals surface area contributed by atoms with Crippen molar-refractivity contribution >= 4 is 18.4 Å². The van der Waals surface area contributed by atoms with E-state index in [1.165, 1.54) is 38.5 Å². The summed E-state index contributed by atoms with van der Waals surface area (Å²) in [5.74, 6) is 0. The molecule has 0 atom stereocenters. The molecule has 0 saturated carbocycles. The van der Waals surface area contributed by atoms with Crippen LogP contribution in [0.15, 0.2) is 0 Å².